The van der Waals surface area contributed by atoms with Crippen LogP contribution in [-0.2, 0) is 14.2 Å². The van der Waals surface area contributed by atoms with Crippen molar-refractivity contribution in [3.63, 3.8) is 0 Å². The first-order valence-electron chi connectivity index (χ1n) is 3.87. The monoisotopic (exact) mass is 244 g/mol. The van der Waals surface area contributed by atoms with Crippen molar-refractivity contribution in [2.45, 2.75) is 13.3 Å². The molecule has 6 nitrogen and oxygen atoms in total. The molecule has 0 aliphatic carbocycles. The third-order valence-electron chi connectivity index (χ3n) is 1.35. The van der Waals surface area contributed by atoms with E-state index >= 15 is 0 Å². The van der Waals surface area contributed by atoms with Crippen LogP contribution in [0.15, 0.2) is 0 Å². The molecule has 80 valence electrons. The Balaban J connectivity index is 0. The number of aliphatic carboxylic acids is 1. The zero-order chi connectivity index (χ0) is 11.1. The van der Waals surface area contributed by atoms with E-state index in [1.54, 1.807) is 0 Å². The fraction of sp³-hybridized carbons (Fsp3) is 0.571. The Morgan fingerprint density at radius 3 is 2.33 bits per heavy atom. The average Bonchev–Trinajstić information content (AvgIpc) is 2.10. The van der Waals surface area contributed by atoms with Crippen molar-refractivity contribution >= 4 is 19.7 Å². The van der Waals surface area contributed by atoms with Crippen molar-refractivity contribution in [2.24, 2.45) is 0 Å². The van der Waals surface area contributed by atoms with Crippen molar-refractivity contribution < 1.29 is 53.9 Å². The van der Waals surface area contributed by atoms with Gasteiger partial charge in [0, 0.05) is 6.92 Å². The second kappa shape index (κ2) is 9.12. The van der Waals surface area contributed by atoms with Gasteiger partial charge in [0.05, 0.1) is 0 Å². The summed E-state index contributed by atoms with van der Waals surface area (Å²) in [4.78, 5) is 21.1. The van der Waals surface area contributed by atoms with Crippen molar-refractivity contribution in [3.8, 4) is 0 Å². The van der Waals surface area contributed by atoms with Gasteiger partial charge in [0.2, 0.25) is 6.35 Å². The molecule has 3 N–H and O–H groups in total. The Kier molecular flexibility index (Phi) is 10.5. The number of carboxylic acids is 1. The quantitative estimate of drug-likeness (QED) is 0.261. The minimum absolute atomic E-state index is 0. The topological polar surface area (TPSA) is 104 Å². The molecule has 0 aliphatic heterocycles. The smallest absolute Gasteiger partial charge is 0.502 e. The van der Waals surface area contributed by atoms with E-state index in [1.165, 1.54) is 6.92 Å². The molecule has 0 rings (SSSR count). The molecule has 0 aromatic rings. The molecule has 1 unspecified atom stereocenters. The summed E-state index contributed by atoms with van der Waals surface area (Å²) in [6.45, 7) is 1.19. The minimum Gasteiger partial charge on any atom is -0.502 e. The van der Waals surface area contributed by atoms with Crippen molar-refractivity contribution in [1.82, 2.24) is 5.32 Å². The Labute approximate surface area is 111 Å². The van der Waals surface area contributed by atoms with Crippen LogP contribution in [0, 0.1) is 6.04 Å². The summed E-state index contributed by atoms with van der Waals surface area (Å²) in [5.41, 5.74) is 0. The van der Waals surface area contributed by atoms with Gasteiger partial charge in [-0.1, -0.05) is 11.0 Å². The molecule has 15 heavy (non-hydrogen) atoms. The Morgan fingerprint density at radius 1 is 1.47 bits per heavy atom. The van der Waals surface area contributed by atoms with Gasteiger partial charge in [-0.2, -0.15) is 6.04 Å². The maximum absolute atomic E-state index is 10.8. The molecule has 0 aliphatic rings. The van der Waals surface area contributed by atoms with Gasteiger partial charge in [-0.3, -0.25) is 9.59 Å². The SMILES string of the molecule is CC(=O)N[C-](CC[P+](=O)CO)C(=O)O.[Na+]. The molecule has 8 heteroatoms. The fourth-order valence-electron chi connectivity index (χ4n) is 0.743. The van der Waals surface area contributed by atoms with Gasteiger partial charge < -0.3 is 15.5 Å². The maximum Gasteiger partial charge on any atom is 1.00 e. The summed E-state index contributed by atoms with van der Waals surface area (Å²) >= 11 is 0. The van der Waals surface area contributed by atoms with Crippen LogP contribution in [0.5, 0.6) is 0 Å². The van der Waals surface area contributed by atoms with Gasteiger partial charge in [0.15, 0.2) is 11.9 Å². The molecule has 0 fully saturated rings. The van der Waals surface area contributed by atoms with E-state index in [1.807, 2.05) is 0 Å². The number of carboxylic acid groups (broad SMARTS) is 1. The van der Waals surface area contributed by atoms with E-state index < -0.39 is 26.0 Å². The summed E-state index contributed by atoms with van der Waals surface area (Å²) in [6, 6.07) is -0.200. The average molecular weight is 244 g/mol. The fourth-order valence-corrected chi connectivity index (χ4v) is 1.36. The van der Waals surface area contributed by atoms with Crippen molar-refractivity contribution in [2.75, 3.05) is 12.5 Å². The largest absolute Gasteiger partial charge is 1.00 e. The Bertz CT molecular complexity index is 248. The molecule has 1 amide bonds. The minimum atomic E-state index is -1.79. The van der Waals surface area contributed by atoms with Crippen LogP contribution in [0.4, 0.5) is 0 Å². The third kappa shape index (κ3) is 8.84. The van der Waals surface area contributed by atoms with Gasteiger partial charge >= 0.3 is 37.4 Å². The first-order valence-corrected chi connectivity index (χ1v) is 5.50. The molecule has 0 spiro atoms. The standard InChI is InChI=1S/C7H12NO5P.Na/c1-5(10)8-6(7(11)12)2-3-14(13)4-9;/h9H,2-4H2,1H3,(H,8,10)(H,11,12);/q;+1. The number of aliphatic hydroxyl groups is 1. The van der Waals surface area contributed by atoms with Crippen molar-refractivity contribution in [1.29, 1.82) is 0 Å². The summed E-state index contributed by atoms with van der Waals surface area (Å²) < 4.78 is 10.8. The number of carbonyl (C=O) groups is 2. The third-order valence-corrected chi connectivity index (χ3v) is 2.39. The van der Waals surface area contributed by atoms with E-state index in [-0.39, 0.29) is 48.2 Å². The molecular formula is C7H12NNaO5P+. The number of nitrogens with one attached hydrogen (secondary N) is 1. The zero-order valence-electron chi connectivity index (χ0n) is 8.69. The van der Waals surface area contributed by atoms with Crippen LogP contribution >= 0.6 is 7.80 Å². The van der Waals surface area contributed by atoms with Gasteiger partial charge in [-0.15, -0.1) is 0 Å². The van der Waals surface area contributed by atoms with Gasteiger partial charge in [-0.25, -0.2) is 0 Å². The zero-order valence-corrected chi connectivity index (χ0v) is 11.6. The molecule has 0 aromatic carbocycles. The molecule has 1 atom stereocenters. The second-order valence-corrected chi connectivity index (χ2v) is 4.26. The molecular weight excluding hydrogens is 232 g/mol. The maximum atomic E-state index is 10.8. The first-order chi connectivity index (χ1) is 6.47. The van der Waals surface area contributed by atoms with E-state index in [9.17, 15) is 14.2 Å². The number of carbonyl (C=O) groups excluding carboxylic acids is 1. The Morgan fingerprint density at radius 2 is 2.00 bits per heavy atom. The summed E-state index contributed by atoms with van der Waals surface area (Å²) in [6.07, 6.45) is -0.444. The number of aliphatic hydroxyl groups excluding tert-OH is 1. The summed E-state index contributed by atoms with van der Waals surface area (Å²) in [5.74, 6) is -1.73. The first kappa shape index (κ1) is 17.3. The molecule has 0 saturated heterocycles. The summed E-state index contributed by atoms with van der Waals surface area (Å²) in [7, 11) is -1.79. The number of hydrogen-bond acceptors (Lipinski definition) is 4. The number of amides is 1. The Hall–Kier alpha value is -0.130. The van der Waals surface area contributed by atoms with Crippen LogP contribution in [0.2, 0.25) is 0 Å². The molecule has 0 saturated carbocycles. The van der Waals surface area contributed by atoms with Crippen LogP contribution in [0.1, 0.15) is 13.3 Å². The predicted octanol–water partition coefficient (Wildman–Crippen LogP) is -3.09. The molecule has 0 aromatic heterocycles. The number of hydrogen-bond donors (Lipinski definition) is 3. The van der Waals surface area contributed by atoms with Gasteiger partial charge in [0.1, 0.15) is 6.16 Å². The molecule has 0 bridgehead atoms. The van der Waals surface area contributed by atoms with Crippen LogP contribution in [0.3, 0.4) is 0 Å². The van der Waals surface area contributed by atoms with Gasteiger partial charge in [0.25, 0.3) is 0 Å². The van der Waals surface area contributed by atoms with E-state index in [0.29, 0.717) is 0 Å². The van der Waals surface area contributed by atoms with E-state index in [4.69, 9.17) is 10.2 Å². The molecule has 0 heterocycles. The van der Waals surface area contributed by atoms with Crippen LogP contribution in [0.25, 0.3) is 0 Å². The van der Waals surface area contributed by atoms with Crippen LogP contribution in [-0.4, -0.2) is 34.6 Å². The normalized spacial score (nSPS) is 9.87. The summed E-state index contributed by atoms with van der Waals surface area (Å²) in [5, 5.41) is 19.2. The molecule has 0 radical (unpaired) electrons. The van der Waals surface area contributed by atoms with Gasteiger partial charge in [-0.05, 0) is 0 Å². The van der Waals surface area contributed by atoms with E-state index in [0.717, 1.165) is 0 Å². The second-order valence-electron chi connectivity index (χ2n) is 2.56. The van der Waals surface area contributed by atoms with E-state index in [2.05, 4.69) is 5.32 Å². The predicted molar refractivity (Wildman–Crippen MR) is 48.9 cm³/mol. The van der Waals surface area contributed by atoms with Crippen molar-refractivity contribution in [3.05, 3.63) is 6.04 Å². The van der Waals surface area contributed by atoms with Crippen LogP contribution < -0.4 is 34.9 Å². The number of rotatable bonds is 6.